The summed E-state index contributed by atoms with van der Waals surface area (Å²) in [6.45, 7) is 1.84. The summed E-state index contributed by atoms with van der Waals surface area (Å²) in [6.07, 6.45) is 7.67. The number of furan rings is 1. The van der Waals surface area contributed by atoms with Crippen molar-refractivity contribution in [3.63, 3.8) is 0 Å². The van der Waals surface area contributed by atoms with E-state index in [1.807, 2.05) is 12.1 Å². The molecular weight excluding hydrogens is 262 g/mol. The van der Waals surface area contributed by atoms with Crippen molar-refractivity contribution in [2.75, 3.05) is 13.1 Å². The molecular formula is C18H23NO2. The van der Waals surface area contributed by atoms with Gasteiger partial charge in [0.05, 0.1) is 5.60 Å². The van der Waals surface area contributed by atoms with Gasteiger partial charge in [0, 0.05) is 18.5 Å². The molecule has 4 rings (SSSR count). The van der Waals surface area contributed by atoms with Crippen LogP contribution in [0, 0.1) is 0 Å². The van der Waals surface area contributed by atoms with Crippen LogP contribution in [0.4, 0.5) is 0 Å². The topological polar surface area (TPSA) is 34.4 Å². The molecule has 21 heavy (non-hydrogen) atoms. The molecule has 2 fully saturated rings. The van der Waals surface area contributed by atoms with Gasteiger partial charge in [-0.15, -0.1) is 0 Å². The first-order valence-electron chi connectivity index (χ1n) is 8.22. The highest BCUT2D eigenvalue weighted by Crippen LogP contribution is 2.38. The number of para-hydroxylation sites is 1. The Morgan fingerprint density at radius 1 is 1.05 bits per heavy atom. The minimum atomic E-state index is 0.0262. The van der Waals surface area contributed by atoms with Crippen molar-refractivity contribution >= 4 is 11.0 Å². The molecule has 112 valence electrons. The van der Waals surface area contributed by atoms with Crippen LogP contribution in [0.2, 0.25) is 0 Å². The van der Waals surface area contributed by atoms with Gasteiger partial charge in [-0.1, -0.05) is 43.9 Å². The Morgan fingerprint density at radius 3 is 2.67 bits per heavy atom. The van der Waals surface area contributed by atoms with Crippen LogP contribution in [-0.4, -0.2) is 18.7 Å². The van der Waals surface area contributed by atoms with Crippen molar-refractivity contribution in [1.82, 2.24) is 5.32 Å². The van der Waals surface area contributed by atoms with Gasteiger partial charge in [0.1, 0.15) is 17.4 Å². The molecule has 1 saturated carbocycles. The first kappa shape index (κ1) is 13.4. The van der Waals surface area contributed by atoms with Crippen LogP contribution in [0.3, 0.4) is 0 Å². The highest BCUT2D eigenvalue weighted by molar-refractivity contribution is 5.77. The van der Waals surface area contributed by atoms with E-state index in [1.165, 1.54) is 38.5 Å². The van der Waals surface area contributed by atoms with E-state index in [4.69, 9.17) is 9.15 Å². The monoisotopic (exact) mass is 285 g/mol. The minimum Gasteiger partial charge on any atom is -0.458 e. The Kier molecular flexibility index (Phi) is 3.48. The van der Waals surface area contributed by atoms with Crippen LogP contribution in [0.25, 0.3) is 11.0 Å². The quantitative estimate of drug-likeness (QED) is 0.853. The Morgan fingerprint density at radius 2 is 1.86 bits per heavy atom. The maximum absolute atomic E-state index is 6.55. The Labute approximate surface area is 125 Å². The zero-order valence-electron chi connectivity index (χ0n) is 12.4. The first-order valence-corrected chi connectivity index (χ1v) is 8.22. The van der Waals surface area contributed by atoms with Crippen molar-refractivity contribution in [2.24, 2.45) is 0 Å². The summed E-state index contributed by atoms with van der Waals surface area (Å²) in [7, 11) is 0. The second-order valence-corrected chi connectivity index (χ2v) is 6.52. The van der Waals surface area contributed by atoms with Crippen LogP contribution in [-0.2, 0) is 4.74 Å². The molecule has 1 aliphatic heterocycles. The van der Waals surface area contributed by atoms with E-state index in [2.05, 4.69) is 23.5 Å². The van der Waals surface area contributed by atoms with Crippen LogP contribution in [0.5, 0.6) is 0 Å². The maximum atomic E-state index is 6.55. The molecule has 2 aromatic rings. The van der Waals surface area contributed by atoms with Gasteiger partial charge >= 0.3 is 0 Å². The number of morpholine rings is 1. The Hall–Kier alpha value is -1.32. The molecule has 2 heterocycles. The van der Waals surface area contributed by atoms with Crippen LogP contribution >= 0.6 is 0 Å². The lowest BCUT2D eigenvalue weighted by Crippen LogP contribution is -2.50. The highest BCUT2D eigenvalue weighted by atomic mass is 16.5. The summed E-state index contributed by atoms with van der Waals surface area (Å²) >= 11 is 0. The lowest BCUT2D eigenvalue weighted by molar-refractivity contribution is -0.132. The largest absolute Gasteiger partial charge is 0.458 e. The van der Waals surface area contributed by atoms with E-state index >= 15 is 0 Å². The van der Waals surface area contributed by atoms with Crippen molar-refractivity contribution in [3.05, 3.63) is 36.1 Å². The van der Waals surface area contributed by atoms with Gasteiger partial charge in [-0.05, 0) is 25.0 Å². The molecule has 3 heteroatoms. The van der Waals surface area contributed by atoms with Gasteiger partial charge in [-0.2, -0.15) is 0 Å². The predicted molar refractivity (Wildman–Crippen MR) is 83.3 cm³/mol. The number of ether oxygens (including phenoxy) is 1. The van der Waals surface area contributed by atoms with Gasteiger partial charge in [-0.3, -0.25) is 0 Å². The third-order valence-corrected chi connectivity index (χ3v) is 4.95. The smallest absolute Gasteiger partial charge is 0.135 e. The van der Waals surface area contributed by atoms with Crippen molar-refractivity contribution in [2.45, 2.75) is 50.2 Å². The molecule has 1 atom stereocenters. The number of fused-ring (bicyclic) bond motifs is 1. The van der Waals surface area contributed by atoms with Gasteiger partial charge in [0.2, 0.25) is 0 Å². The summed E-state index contributed by atoms with van der Waals surface area (Å²) in [4.78, 5) is 0. The third-order valence-electron chi connectivity index (χ3n) is 4.95. The van der Waals surface area contributed by atoms with E-state index in [1.54, 1.807) is 0 Å². The van der Waals surface area contributed by atoms with E-state index in [0.29, 0.717) is 0 Å². The van der Waals surface area contributed by atoms with Crippen LogP contribution in [0.15, 0.2) is 34.7 Å². The highest BCUT2D eigenvalue weighted by Gasteiger charge is 2.38. The summed E-state index contributed by atoms with van der Waals surface area (Å²) < 4.78 is 12.6. The molecule has 1 aromatic carbocycles. The van der Waals surface area contributed by atoms with Gasteiger partial charge in [-0.25, -0.2) is 0 Å². The fourth-order valence-electron chi connectivity index (χ4n) is 3.80. The number of hydrogen-bond donors (Lipinski definition) is 1. The normalized spacial score (nSPS) is 26.0. The molecule has 3 nitrogen and oxygen atoms in total. The van der Waals surface area contributed by atoms with Crippen LogP contribution < -0.4 is 5.32 Å². The number of nitrogens with one attached hydrogen (secondary N) is 1. The van der Waals surface area contributed by atoms with E-state index in [9.17, 15) is 0 Å². The summed E-state index contributed by atoms with van der Waals surface area (Å²) in [5, 5.41) is 4.74. The fourth-order valence-corrected chi connectivity index (χ4v) is 3.80. The Bertz CT molecular complexity index is 577. The Balaban J connectivity index is 1.59. The number of benzene rings is 1. The summed E-state index contributed by atoms with van der Waals surface area (Å²) in [5.74, 6) is 0.965. The second-order valence-electron chi connectivity index (χ2n) is 6.52. The van der Waals surface area contributed by atoms with Gasteiger partial charge in [0.15, 0.2) is 0 Å². The first-order chi connectivity index (χ1) is 10.3. The average Bonchev–Trinajstić information content (AvgIpc) is 2.83. The standard InChI is InChI=1S/C18H23NO2/c1-2-6-10-18(9-5-1)13-19-12-17(21-18)16-11-14-7-3-4-8-15(14)20-16/h3-4,7-8,11,17,19H,1-2,5-6,9-10,12-13H2. The van der Waals surface area contributed by atoms with E-state index in [-0.39, 0.29) is 11.7 Å². The average molecular weight is 285 g/mol. The molecule has 1 saturated heterocycles. The third kappa shape index (κ3) is 2.60. The maximum Gasteiger partial charge on any atom is 0.135 e. The zero-order valence-corrected chi connectivity index (χ0v) is 12.4. The summed E-state index contributed by atoms with van der Waals surface area (Å²) in [5.41, 5.74) is 0.981. The van der Waals surface area contributed by atoms with E-state index in [0.717, 1.165) is 29.8 Å². The molecule has 1 aliphatic carbocycles. The molecule has 1 N–H and O–H groups in total. The van der Waals surface area contributed by atoms with Crippen molar-refractivity contribution < 1.29 is 9.15 Å². The SMILES string of the molecule is c1ccc2oc(C3CNCC4(CCCCCC4)O3)cc2c1. The molecule has 1 aromatic heterocycles. The zero-order chi connectivity index (χ0) is 14.1. The fraction of sp³-hybridized carbons (Fsp3) is 0.556. The lowest BCUT2D eigenvalue weighted by atomic mass is 9.92. The summed E-state index contributed by atoms with van der Waals surface area (Å²) in [6, 6.07) is 10.3. The molecule has 0 radical (unpaired) electrons. The predicted octanol–water partition coefficient (Wildman–Crippen LogP) is 4.19. The molecule has 0 amide bonds. The minimum absolute atomic E-state index is 0.0262. The van der Waals surface area contributed by atoms with Crippen molar-refractivity contribution in [1.29, 1.82) is 0 Å². The van der Waals surface area contributed by atoms with Crippen LogP contribution in [0.1, 0.15) is 50.4 Å². The van der Waals surface area contributed by atoms with Gasteiger partial charge < -0.3 is 14.5 Å². The van der Waals surface area contributed by atoms with Crippen molar-refractivity contribution in [3.8, 4) is 0 Å². The molecule has 2 aliphatic rings. The molecule has 1 spiro atoms. The lowest BCUT2D eigenvalue weighted by Gasteiger charge is -2.41. The van der Waals surface area contributed by atoms with Gasteiger partial charge in [0.25, 0.3) is 0 Å². The molecule has 1 unspecified atom stereocenters. The number of hydrogen-bond acceptors (Lipinski definition) is 3. The van der Waals surface area contributed by atoms with E-state index < -0.39 is 0 Å². The molecule has 0 bridgehead atoms. The number of rotatable bonds is 1. The second kappa shape index (κ2) is 5.47.